The van der Waals surface area contributed by atoms with Gasteiger partial charge in [-0.15, -0.1) is 0 Å². The maximum atomic E-state index is 13.0. The predicted octanol–water partition coefficient (Wildman–Crippen LogP) is 8.16. The van der Waals surface area contributed by atoms with Crippen molar-refractivity contribution in [2.75, 3.05) is 0 Å². The van der Waals surface area contributed by atoms with Crippen LogP contribution in [0.25, 0.3) is 0 Å². The van der Waals surface area contributed by atoms with Crippen molar-refractivity contribution in [1.29, 1.82) is 0 Å². The van der Waals surface area contributed by atoms with Gasteiger partial charge in [-0.05, 0) is 15.9 Å². The lowest BCUT2D eigenvalue weighted by atomic mass is 10.2. The fourth-order valence-electron chi connectivity index (χ4n) is 0.562. The fraction of sp³-hybridized carbons (Fsp3) is 1.00. The molecule has 0 aromatic heterocycles. The summed E-state index contributed by atoms with van der Waals surface area (Å²) in [7, 11) is 0. The van der Waals surface area contributed by atoms with Crippen LogP contribution in [-0.4, -0.2) is 15.3 Å². The van der Waals surface area contributed by atoms with Gasteiger partial charge in [-0.25, -0.2) is 5.11 Å². The summed E-state index contributed by atoms with van der Waals surface area (Å²) in [5.74, 6) is 0. The highest BCUT2D eigenvalue weighted by molar-refractivity contribution is 9.42. The van der Waals surface area contributed by atoms with Crippen LogP contribution in [0.1, 0.15) is 0 Å². The average molecular weight is 955 g/mol. The largest absolute Gasteiger partial charge is 0.213 e. The molecule has 0 spiro atoms. The molecule has 0 unspecified atom stereocenters. The highest BCUT2D eigenvalue weighted by Gasteiger charge is 2.71. The molecule has 0 aliphatic rings. The first-order valence-corrected chi connectivity index (χ1v) is 12.0. The van der Waals surface area contributed by atoms with Crippen LogP contribution in [0.3, 0.4) is 0 Å². The molecule has 1 radical (unpaired) electrons. The Labute approximate surface area is 192 Å². The van der Waals surface area contributed by atoms with Crippen LogP contribution in [0.5, 0.6) is 0 Å². The Morgan fingerprint density at radius 2 is 0.647 bits per heavy atom. The summed E-state index contributed by atoms with van der Waals surface area (Å²) in [6, 6.07) is 0. The molecular formula is C5Br11O. The molecule has 0 aliphatic heterocycles. The minimum atomic E-state index is -1.79. The zero-order valence-electron chi connectivity index (χ0n) is 7.07. The summed E-state index contributed by atoms with van der Waals surface area (Å²) in [5, 5.41) is 13.0. The van der Waals surface area contributed by atoms with Crippen LogP contribution in [0.4, 0.5) is 0 Å². The van der Waals surface area contributed by atoms with E-state index in [1.807, 2.05) is 0 Å². The van der Waals surface area contributed by atoms with Crippen molar-refractivity contribution in [3.05, 3.63) is 0 Å². The third-order valence-corrected chi connectivity index (χ3v) is 19.4. The number of hydrogen-bond acceptors (Lipinski definition) is 0. The van der Waals surface area contributed by atoms with Gasteiger partial charge in [0.25, 0.3) is 0 Å². The molecule has 0 heterocycles. The van der Waals surface area contributed by atoms with E-state index in [9.17, 15) is 5.11 Å². The monoisotopic (exact) mass is 944 g/mol. The molecule has 103 valence electrons. The summed E-state index contributed by atoms with van der Waals surface area (Å²) in [6.45, 7) is 0. The van der Waals surface area contributed by atoms with E-state index in [1.54, 1.807) is 0 Å². The zero-order chi connectivity index (χ0) is 14.5. The average Bonchev–Trinajstić information content (AvgIpc) is 1.98. The first-order valence-electron chi connectivity index (χ1n) is 3.28. The zero-order valence-corrected chi connectivity index (χ0v) is 24.5. The second-order valence-corrected chi connectivity index (χ2v) is 24.3. The van der Waals surface area contributed by atoms with Gasteiger partial charge >= 0.3 is 0 Å². The lowest BCUT2D eigenvalue weighted by molar-refractivity contribution is 0.0536. The van der Waals surface area contributed by atoms with E-state index in [0.29, 0.717) is 0 Å². The molecule has 0 aliphatic carbocycles. The van der Waals surface area contributed by atoms with Crippen LogP contribution >= 0.6 is 175 Å². The summed E-state index contributed by atoms with van der Waals surface area (Å²) in [6.07, 6.45) is 0. The fourth-order valence-corrected chi connectivity index (χ4v) is 6.68. The van der Waals surface area contributed by atoms with Gasteiger partial charge in [0.05, 0.1) is 0 Å². The van der Waals surface area contributed by atoms with Crippen molar-refractivity contribution >= 4 is 175 Å². The summed E-state index contributed by atoms with van der Waals surface area (Å²) in [5.41, 5.74) is 0. The Morgan fingerprint density at radius 1 is 0.471 bits per heavy atom. The van der Waals surface area contributed by atoms with Crippen molar-refractivity contribution < 1.29 is 5.11 Å². The van der Waals surface area contributed by atoms with E-state index >= 15 is 0 Å². The Bertz CT molecular complexity index is 255. The maximum absolute atomic E-state index is 13.0. The summed E-state index contributed by atoms with van der Waals surface area (Å²) >= 11 is 36.5. The molecule has 0 aromatic rings. The van der Waals surface area contributed by atoms with Gasteiger partial charge in [0, 0.05) is 0 Å². The van der Waals surface area contributed by atoms with E-state index in [1.165, 1.54) is 0 Å². The molecule has 0 saturated heterocycles. The number of halogens is 11. The molecule has 17 heavy (non-hydrogen) atoms. The predicted molar refractivity (Wildman–Crippen MR) is 113 cm³/mol. The maximum Gasteiger partial charge on any atom is 0.213 e. The second-order valence-electron chi connectivity index (χ2n) is 2.74. The van der Waals surface area contributed by atoms with Gasteiger partial charge < -0.3 is 0 Å². The Morgan fingerprint density at radius 3 is 0.765 bits per heavy atom. The molecule has 0 atom stereocenters. The topological polar surface area (TPSA) is 19.9 Å². The molecule has 1 nitrogen and oxygen atoms in total. The molecular weight excluding hydrogens is 955 g/mol. The molecule has 0 rings (SSSR count). The van der Waals surface area contributed by atoms with Crippen molar-refractivity contribution in [3.63, 3.8) is 0 Å². The summed E-state index contributed by atoms with van der Waals surface area (Å²) < 4.78 is -5.95. The molecule has 0 saturated carbocycles. The first-order chi connectivity index (χ1) is 7.00. The lowest BCUT2D eigenvalue weighted by Gasteiger charge is -2.47. The number of hydrogen-bond donors (Lipinski definition) is 0. The van der Waals surface area contributed by atoms with Crippen LogP contribution < -0.4 is 0 Å². The molecule has 0 amide bonds. The lowest BCUT2D eigenvalue weighted by Crippen LogP contribution is -2.61. The van der Waals surface area contributed by atoms with E-state index in [4.69, 9.17) is 0 Å². The van der Waals surface area contributed by atoms with Crippen molar-refractivity contribution in [2.45, 2.75) is 15.3 Å². The Hall–Kier alpha value is 5.24. The number of alkyl halides is 11. The van der Waals surface area contributed by atoms with Gasteiger partial charge in [-0.1, -0.05) is 159 Å². The van der Waals surface area contributed by atoms with Gasteiger partial charge in [-0.2, -0.15) is 0 Å². The van der Waals surface area contributed by atoms with Crippen molar-refractivity contribution in [3.8, 4) is 0 Å². The molecule has 0 N–H and O–H groups in total. The van der Waals surface area contributed by atoms with Gasteiger partial charge in [0.2, 0.25) is 4.51 Å². The third kappa shape index (κ3) is 4.62. The smallest absolute Gasteiger partial charge is 0.212 e. The molecule has 0 aromatic carbocycles. The van der Waals surface area contributed by atoms with E-state index in [-0.39, 0.29) is 0 Å². The quantitative estimate of drug-likeness (QED) is 0.250. The standard InChI is InChI=1S/C5Br11O/c6-1(7,4(11,12)13)3(10,17)2(8,9)5(14,15)16. The normalized spacial score (nSPS) is 16.2. The second kappa shape index (κ2) is 7.01. The summed E-state index contributed by atoms with van der Waals surface area (Å²) in [4.78, 5) is 0. The van der Waals surface area contributed by atoms with Crippen molar-refractivity contribution in [1.82, 2.24) is 0 Å². The van der Waals surface area contributed by atoms with E-state index in [0.717, 1.165) is 0 Å². The van der Waals surface area contributed by atoms with Crippen LogP contribution in [0, 0.1) is 0 Å². The van der Waals surface area contributed by atoms with Gasteiger partial charge in [0.1, 0.15) is 0 Å². The van der Waals surface area contributed by atoms with Gasteiger partial charge in [0.15, 0.2) is 10.8 Å². The molecule has 0 fully saturated rings. The highest BCUT2D eigenvalue weighted by atomic mass is 80.0. The first kappa shape index (κ1) is 22.2. The minimum Gasteiger partial charge on any atom is -0.212 e. The Kier molecular flexibility index (Phi) is 9.17. The van der Waals surface area contributed by atoms with Crippen LogP contribution in [-0.2, 0) is 5.11 Å². The highest BCUT2D eigenvalue weighted by Crippen LogP contribution is 2.70. The minimum absolute atomic E-state index is 0.906. The Balaban J connectivity index is 5.73. The SMILES string of the molecule is [O]C(Br)(C(Br)(Br)C(Br)(Br)Br)C(Br)(Br)C(Br)(Br)Br. The van der Waals surface area contributed by atoms with Crippen LogP contribution in [0.15, 0.2) is 0 Å². The van der Waals surface area contributed by atoms with Crippen molar-refractivity contribution in [2.24, 2.45) is 0 Å². The van der Waals surface area contributed by atoms with Crippen LogP contribution in [0.2, 0.25) is 0 Å². The number of rotatable bonds is 2. The van der Waals surface area contributed by atoms with E-state index < -0.39 is 15.3 Å². The molecule has 12 heteroatoms. The van der Waals surface area contributed by atoms with E-state index in [2.05, 4.69) is 175 Å². The molecule has 0 bridgehead atoms. The third-order valence-electron chi connectivity index (χ3n) is 1.52. The van der Waals surface area contributed by atoms with Gasteiger partial charge in [-0.3, -0.25) is 0 Å².